The third kappa shape index (κ3) is 2.69. The lowest BCUT2D eigenvalue weighted by atomic mass is 10.1. The van der Waals surface area contributed by atoms with Crippen LogP contribution in [-0.4, -0.2) is 0 Å². The number of anilines is 4. The zero-order chi connectivity index (χ0) is 15.0. The Morgan fingerprint density at radius 1 is 1.05 bits per heavy atom. The van der Waals surface area contributed by atoms with E-state index in [0.29, 0.717) is 0 Å². The van der Waals surface area contributed by atoms with Gasteiger partial charge in [0, 0.05) is 10.2 Å². The molecule has 5 N–H and O–H groups in total. The van der Waals surface area contributed by atoms with E-state index < -0.39 is 5.82 Å². The number of nitrogen functional groups attached to an aromatic ring is 2. The molecule has 0 radical (unpaired) electrons. The summed E-state index contributed by atoms with van der Waals surface area (Å²) in [5.74, 6) is -0.647. The molecule has 0 heterocycles. The first-order valence-corrected chi connectivity index (χ1v) is 7.05. The van der Waals surface area contributed by atoms with Crippen LogP contribution in [0.5, 0.6) is 0 Å². The maximum Gasteiger partial charge on any atom is 0.169 e. The van der Waals surface area contributed by atoms with Gasteiger partial charge in [-0.2, -0.15) is 0 Å². The molecular weight excluding hydrogens is 345 g/mol. The Morgan fingerprint density at radius 2 is 1.60 bits per heavy atom. The second-order valence-electron chi connectivity index (χ2n) is 4.60. The van der Waals surface area contributed by atoms with Crippen molar-refractivity contribution in [3.8, 4) is 0 Å². The van der Waals surface area contributed by atoms with Crippen LogP contribution in [0.25, 0.3) is 0 Å². The highest BCUT2D eigenvalue weighted by Crippen LogP contribution is 2.37. The Kier molecular flexibility index (Phi) is 4.11. The van der Waals surface area contributed by atoms with Gasteiger partial charge in [-0.05, 0) is 43.2 Å². The zero-order valence-corrected chi connectivity index (χ0v) is 13.4. The fourth-order valence-electron chi connectivity index (χ4n) is 2.03. The second kappa shape index (κ2) is 5.50. The van der Waals surface area contributed by atoms with E-state index in [1.54, 1.807) is 0 Å². The van der Waals surface area contributed by atoms with E-state index in [9.17, 15) is 4.39 Å². The third-order valence-electron chi connectivity index (χ3n) is 3.01. The molecule has 20 heavy (non-hydrogen) atoms. The normalized spacial score (nSPS) is 10.7. The summed E-state index contributed by atoms with van der Waals surface area (Å²) >= 11 is 9.24. The van der Waals surface area contributed by atoms with E-state index in [1.165, 1.54) is 6.07 Å². The lowest BCUT2D eigenvalue weighted by molar-refractivity contribution is 0.633. The fourth-order valence-corrected chi connectivity index (χ4v) is 2.86. The van der Waals surface area contributed by atoms with Gasteiger partial charge in [-0.1, -0.05) is 27.5 Å². The molecule has 2 aromatic rings. The molecule has 0 aliphatic heterocycles. The molecule has 0 amide bonds. The Bertz CT molecular complexity index is 666. The van der Waals surface area contributed by atoms with E-state index in [2.05, 4.69) is 21.2 Å². The van der Waals surface area contributed by atoms with Gasteiger partial charge in [-0.25, -0.2) is 4.39 Å². The standard InChI is InChI=1S/C14H14BrClFN3/c1-6-3-8(15)4-7(2)13(6)20-14-10(19)5-9(18)11(16)12(14)17/h3-5,20H,18-19H2,1-2H3. The van der Waals surface area contributed by atoms with Crippen molar-refractivity contribution in [3.05, 3.63) is 44.6 Å². The van der Waals surface area contributed by atoms with Gasteiger partial charge in [-0.15, -0.1) is 0 Å². The molecule has 0 aliphatic rings. The molecule has 0 aliphatic carbocycles. The molecule has 0 bridgehead atoms. The lowest BCUT2D eigenvalue weighted by Gasteiger charge is -2.17. The highest BCUT2D eigenvalue weighted by molar-refractivity contribution is 9.10. The molecule has 2 rings (SSSR count). The van der Waals surface area contributed by atoms with Gasteiger partial charge in [0.1, 0.15) is 5.02 Å². The van der Waals surface area contributed by atoms with Crippen LogP contribution in [-0.2, 0) is 0 Å². The number of nitrogens with two attached hydrogens (primary N) is 2. The average Bonchev–Trinajstić information content (AvgIpc) is 2.34. The molecule has 6 heteroatoms. The van der Waals surface area contributed by atoms with Crippen LogP contribution in [0.4, 0.5) is 27.1 Å². The molecule has 0 saturated carbocycles. The number of halogens is 3. The predicted molar refractivity (Wildman–Crippen MR) is 87.1 cm³/mol. The number of hydrogen-bond donors (Lipinski definition) is 3. The Labute approximate surface area is 130 Å². The van der Waals surface area contributed by atoms with Crippen molar-refractivity contribution in [2.75, 3.05) is 16.8 Å². The molecule has 0 fully saturated rings. The summed E-state index contributed by atoms with van der Waals surface area (Å²) in [6.07, 6.45) is 0. The highest BCUT2D eigenvalue weighted by atomic mass is 79.9. The van der Waals surface area contributed by atoms with Crippen molar-refractivity contribution in [1.82, 2.24) is 0 Å². The smallest absolute Gasteiger partial charge is 0.169 e. The first-order valence-electron chi connectivity index (χ1n) is 5.88. The minimum Gasteiger partial charge on any atom is -0.397 e. The molecule has 2 aromatic carbocycles. The van der Waals surface area contributed by atoms with Crippen molar-refractivity contribution in [1.29, 1.82) is 0 Å². The fraction of sp³-hybridized carbons (Fsp3) is 0.143. The zero-order valence-electron chi connectivity index (χ0n) is 11.0. The predicted octanol–water partition coefficient (Wildman–Crippen LogP) is 4.77. The molecule has 0 atom stereocenters. The van der Waals surface area contributed by atoms with Gasteiger partial charge < -0.3 is 16.8 Å². The first-order chi connectivity index (χ1) is 9.31. The van der Waals surface area contributed by atoms with E-state index in [-0.39, 0.29) is 22.1 Å². The number of nitrogens with one attached hydrogen (secondary N) is 1. The summed E-state index contributed by atoms with van der Waals surface area (Å²) in [6, 6.07) is 5.31. The molecule has 0 saturated heterocycles. The van der Waals surface area contributed by atoms with Crippen LogP contribution in [0.15, 0.2) is 22.7 Å². The van der Waals surface area contributed by atoms with Gasteiger partial charge in [0.25, 0.3) is 0 Å². The van der Waals surface area contributed by atoms with Gasteiger partial charge in [0.2, 0.25) is 0 Å². The molecule has 106 valence electrons. The molecule has 0 spiro atoms. The van der Waals surface area contributed by atoms with E-state index >= 15 is 0 Å². The van der Waals surface area contributed by atoms with Gasteiger partial charge in [-0.3, -0.25) is 0 Å². The van der Waals surface area contributed by atoms with E-state index in [4.69, 9.17) is 23.1 Å². The van der Waals surface area contributed by atoms with Gasteiger partial charge in [0.15, 0.2) is 5.82 Å². The summed E-state index contributed by atoms with van der Waals surface area (Å²) in [4.78, 5) is 0. The maximum absolute atomic E-state index is 14.2. The average molecular weight is 359 g/mol. The monoisotopic (exact) mass is 357 g/mol. The number of rotatable bonds is 2. The molecular formula is C14H14BrClFN3. The Balaban J connectivity index is 2.54. The van der Waals surface area contributed by atoms with E-state index in [1.807, 2.05) is 26.0 Å². The van der Waals surface area contributed by atoms with Crippen LogP contribution in [0.1, 0.15) is 11.1 Å². The maximum atomic E-state index is 14.2. The topological polar surface area (TPSA) is 64.1 Å². The van der Waals surface area contributed by atoms with Crippen molar-refractivity contribution in [2.45, 2.75) is 13.8 Å². The minimum atomic E-state index is -0.647. The molecule has 3 nitrogen and oxygen atoms in total. The summed E-state index contributed by atoms with van der Waals surface area (Å²) in [7, 11) is 0. The van der Waals surface area contributed by atoms with Crippen LogP contribution in [0, 0.1) is 19.7 Å². The van der Waals surface area contributed by atoms with Crippen molar-refractivity contribution in [2.24, 2.45) is 0 Å². The van der Waals surface area contributed by atoms with Crippen molar-refractivity contribution < 1.29 is 4.39 Å². The van der Waals surface area contributed by atoms with Crippen LogP contribution in [0.3, 0.4) is 0 Å². The van der Waals surface area contributed by atoms with Crippen LogP contribution < -0.4 is 16.8 Å². The second-order valence-corrected chi connectivity index (χ2v) is 5.89. The Hall–Kier alpha value is -1.46. The minimum absolute atomic E-state index is 0.122. The number of benzene rings is 2. The third-order valence-corrected chi connectivity index (χ3v) is 3.85. The summed E-state index contributed by atoms with van der Waals surface area (Å²) < 4.78 is 15.1. The number of hydrogen-bond acceptors (Lipinski definition) is 3. The van der Waals surface area contributed by atoms with Crippen molar-refractivity contribution in [3.63, 3.8) is 0 Å². The largest absolute Gasteiger partial charge is 0.397 e. The van der Waals surface area contributed by atoms with Gasteiger partial charge in [0.05, 0.1) is 17.1 Å². The highest BCUT2D eigenvalue weighted by Gasteiger charge is 2.16. The van der Waals surface area contributed by atoms with Crippen LogP contribution in [0.2, 0.25) is 5.02 Å². The van der Waals surface area contributed by atoms with Crippen LogP contribution >= 0.6 is 27.5 Å². The quantitative estimate of drug-likeness (QED) is 0.678. The lowest BCUT2D eigenvalue weighted by Crippen LogP contribution is -2.04. The van der Waals surface area contributed by atoms with E-state index in [0.717, 1.165) is 21.3 Å². The summed E-state index contributed by atoms with van der Waals surface area (Å²) in [5.41, 5.74) is 14.6. The summed E-state index contributed by atoms with van der Waals surface area (Å²) in [6.45, 7) is 3.85. The first kappa shape index (κ1) is 14.9. The van der Waals surface area contributed by atoms with Crippen molar-refractivity contribution >= 4 is 50.3 Å². The van der Waals surface area contributed by atoms with Gasteiger partial charge >= 0.3 is 0 Å². The summed E-state index contributed by atoms with van der Waals surface area (Å²) in [5, 5.41) is 2.88. The SMILES string of the molecule is Cc1cc(Br)cc(C)c1Nc1c(N)cc(N)c(Cl)c1F. The molecule has 0 unspecified atom stereocenters. The number of aryl methyl sites for hydroxylation is 2. The molecule has 0 aromatic heterocycles. The Morgan fingerprint density at radius 3 is 2.15 bits per heavy atom.